The van der Waals surface area contributed by atoms with Crippen molar-refractivity contribution >= 4 is 18.4 Å². The topological polar surface area (TPSA) is 38.3 Å². The van der Waals surface area contributed by atoms with Gasteiger partial charge in [0, 0.05) is 6.04 Å². The van der Waals surface area contributed by atoms with Crippen molar-refractivity contribution in [2.75, 3.05) is 0 Å². The maximum atomic E-state index is 11.6. The van der Waals surface area contributed by atoms with Crippen LogP contribution in [0.2, 0.25) is 0 Å². The summed E-state index contributed by atoms with van der Waals surface area (Å²) in [5.41, 5.74) is 3.46. The number of hydrogen-bond donors (Lipinski definition) is 1. The molecule has 17 heavy (non-hydrogen) atoms. The van der Waals surface area contributed by atoms with E-state index >= 15 is 0 Å². The van der Waals surface area contributed by atoms with Gasteiger partial charge < -0.3 is 4.84 Å². The zero-order chi connectivity index (χ0) is 11.2. The summed E-state index contributed by atoms with van der Waals surface area (Å²) >= 11 is 0. The van der Waals surface area contributed by atoms with Crippen LogP contribution in [0.5, 0.6) is 0 Å². The van der Waals surface area contributed by atoms with Crippen LogP contribution >= 0.6 is 12.4 Å². The molecule has 3 nitrogen and oxygen atoms in total. The van der Waals surface area contributed by atoms with Gasteiger partial charge >= 0.3 is 5.97 Å². The molecule has 0 aliphatic heterocycles. The van der Waals surface area contributed by atoms with Crippen LogP contribution in [0.25, 0.3) is 0 Å². The van der Waals surface area contributed by atoms with Gasteiger partial charge in [-0.3, -0.25) is 0 Å². The van der Waals surface area contributed by atoms with E-state index in [9.17, 15) is 4.79 Å². The van der Waals surface area contributed by atoms with Crippen LogP contribution in [0.3, 0.4) is 0 Å². The first kappa shape index (κ1) is 14.0. The highest BCUT2D eigenvalue weighted by Gasteiger charge is 2.15. The van der Waals surface area contributed by atoms with Crippen molar-refractivity contribution < 1.29 is 9.63 Å². The predicted octanol–water partition coefficient (Wildman–Crippen LogP) is 3.10. The van der Waals surface area contributed by atoms with Gasteiger partial charge in [0.05, 0.1) is 5.56 Å². The van der Waals surface area contributed by atoms with Gasteiger partial charge in [0.15, 0.2) is 0 Å². The zero-order valence-electron chi connectivity index (χ0n) is 9.72. The Balaban J connectivity index is 0.00000144. The lowest BCUT2D eigenvalue weighted by Crippen LogP contribution is -2.33. The number of carbonyl (C=O) groups is 1. The molecule has 1 fully saturated rings. The minimum absolute atomic E-state index is 0. The largest absolute Gasteiger partial charge is 0.366 e. The van der Waals surface area contributed by atoms with Gasteiger partial charge in [-0.2, -0.15) is 0 Å². The number of hydrogen-bond acceptors (Lipinski definition) is 3. The molecule has 0 heterocycles. The standard InChI is InChI=1S/C13H17NO2.ClH/c15-13(11-7-3-1-4-8-11)16-14-12-9-5-2-6-10-12;/h1,3-4,7-8,12,14H,2,5-6,9-10H2;1H. The number of rotatable bonds is 3. The molecule has 0 spiro atoms. The summed E-state index contributed by atoms with van der Waals surface area (Å²) < 4.78 is 0. The molecular weight excluding hydrogens is 238 g/mol. The molecular formula is C13H18ClNO2. The Bertz CT molecular complexity index is 337. The quantitative estimate of drug-likeness (QED) is 0.844. The Hall–Kier alpha value is -1.06. The van der Waals surface area contributed by atoms with Crippen molar-refractivity contribution in [1.82, 2.24) is 5.48 Å². The summed E-state index contributed by atoms with van der Waals surface area (Å²) in [6.07, 6.45) is 5.94. The number of carbonyl (C=O) groups excluding carboxylic acids is 1. The van der Waals surface area contributed by atoms with E-state index in [0.717, 1.165) is 12.8 Å². The number of nitrogens with one attached hydrogen (secondary N) is 1. The molecule has 94 valence electrons. The van der Waals surface area contributed by atoms with Crippen LogP contribution in [-0.2, 0) is 4.84 Å². The summed E-state index contributed by atoms with van der Waals surface area (Å²) in [7, 11) is 0. The molecule has 0 unspecified atom stereocenters. The molecule has 1 aromatic carbocycles. The maximum absolute atomic E-state index is 11.6. The second kappa shape index (κ2) is 7.30. The smallest absolute Gasteiger partial charge is 0.356 e. The Morgan fingerprint density at radius 2 is 1.76 bits per heavy atom. The highest BCUT2D eigenvalue weighted by molar-refractivity contribution is 5.89. The highest BCUT2D eigenvalue weighted by Crippen LogP contribution is 2.17. The summed E-state index contributed by atoms with van der Waals surface area (Å²) in [5.74, 6) is -0.300. The number of benzene rings is 1. The molecule has 1 saturated carbocycles. The Morgan fingerprint density at radius 1 is 1.12 bits per heavy atom. The fourth-order valence-corrected chi connectivity index (χ4v) is 1.99. The van der Waals surface area contributed by atoms with Gasteiger partial charge in [0.25, 0.3) is 0 Å². The van der Waals surface area contributed by atoms with Gasteiger partial charge in [-0.05, 0) is 25.0 Å². The first-order valence-electron chi connectivity index (χ1n) is 5.88. The molecule has 1 N–H and O–H groups in total. The lowest BCUT2D eigenvalue weighted by Gasteiger charge is -2.21. The fourth-order valence-electron chi connectivity index (χ4n) is 1.99. The molecule has 1 aliphatic carbocycles. The van der Waals surface area contributed by atoms with E-state index in [1.807, 2.05) is 18.2 Å². The van der Waals surface area contributed by atoms with E-state index in [-0.39, 0.29) is 18.4 Å². The minimum atomic E-state index is -0.300. The third-order valence-corrected chi connectivity index (χ3v) is 2.93. The predicted molar refractivity (Wildman–Crippen MR) is 69.1 cm³/mol. The molecule has 0 atom stereocenters. The summed E-state index contributed by atoms with van der Waals surface area (Å²) in [6.45, 7) is 0. The van der Waals surface area contributed by atoms with Crippen molar-refractivity contribution in [3.05, 3.63) is 35.9 Å². The third kappa shape index (κ3) is 4.36. The summed E-state index contributed by atoms with van der Waals surface area (Å²) in [5, 5.41) is 0. The van der Waals surface area contributed by atoms with Crippen LogP contribution in [0.4, 0.5) is 0 Å². The van der Waals surface area contributed by atoms with Crippen molar-refractivity contribution in [3.63, 3.8) is 0 Å². The molecule has 1 aromatic rings. The third-order valence-electron chi connectivity index (χ3n) is 2.93. The normalized spacial score (nSPS) is 16.0. The van der Waals surface area contributed by atoms with Crippen LogP contribution < -0.4 is 5.48 Å². The average Bonchev–Trinajstić information content (AvgIpc) is 2.38. The van der Waals surface area contributed by atoms with Gasteiger partial charge in [-0.25, -0.2) is 4.79 Å². The van der Waals surface area contributed by atoms with Gasteiger partial charge in [-0.15, -0.1) is 17.9 Å². The van der Waals surface area contributed by atoms with Crippen molar-refractivity contribution in [3.8, 4) is 0 Å². The van der Waals surface area contributed by atoms with Crippen LogP contribution in [0.1, 0.15) is 42.5 Å². The fraction of sp³-hybridized carbons (Fsp3) is 0.462. The SMILES string of the molecule is Cl.O=C(ONC1CCCCC1)c1ccccc1. The van der Waals surface area contributed by atoms with Crippen molar-refractivity contribution in [2.45, 2.75) is 38.1 Å². The maximum Gasteiger partial charge on any atom is 0.356 e. The van der Waals surface area contributed by atoms with Gasteiger partial charge in [0.2, 0.25) is 0 Å². The molecule has 0 aromatic heterocycles. The average molecular weight is 256 g/mol. The van der Waals surface area contributed by atoms with Gasteiger partial charge in [-0.1, -0.05) is 37.5 Å². The molecule has 2 rings (SSSR count). The van der Waals surface area contributed by atoms with Gasteiger partial charge in [0.1, 0.15) is 0 Å². The minimum Gasteiger partial charge on any atom is -0.366 e. The monoisotopic (exact) mass is 255 g/mol. The van der Waals surface area contributed by atoms with E-state index in [0.29, 0.717) is 11.6 Å². The lowest BCUT2D eigenvalue weighted by molar-refractivity contribution is 0.0113. The molecule has 0 bridgehead atoms. The molecule has 1 aliphatic rings. The Kier molecular flexibility index (Phi) is 6.01. The highest BCUT2D eigenvalue weighted by atomic mass is 35.5. The van der Waals surface area contributed by atoms with E-state index in [1.165, 1.54) is 19.3 Å². The molecule has 0 radical (unpaired) electrons. The molecule has 0 amide bonds. The summed E-state index contributed by atoms with van der Waals surface area (Å²) in [6, 6.07) is 9.39. The summed E-state index contributed by atoms with van der Waals surface area (Å²) in [4.78, 5) is 16.7. The van der Waals surface area contributed by atoms with E-state index in [1.54, 1.807) is 12.1 Å². The lowest BCUT2D eigenvalue weighted by atomic mass is 9.96. The van der Waals surface area contributed by atoms with Crippen LogP contribution in [0.15, 0.2) is 30.3 Å². The van der Waals surface area contributed by atoms with E-state index < -0.39 is 0 Å². The molecule has 0 saturated heterocycles. The first-order chi connectivity index (χ1) is 7.86. The second-order valence-electron chi connectivity index (χ2n) is 4.21. The van der Waals surface area contributed by atoms with E-state index in [4.69, 9.17) is 4.84 Å². The Morgan fingerprint density at radius 3 is 2.41 bits per heavy atom. The molecule has 4 heteroatoms. The van der Waals surface area contributed by atoms with Crippen molar-refractivity contribution in [1.29, 1.82) is 0 Å². The first-order valence-corrected chi connectivity index (χ1v) is 5.88. The number of hydroxylamine groups is 1. The van der Waals surface area contributed by atoms with Crippen LogP contribution in [0, 0.1) is 0 Å². The van der Waals surface area contributed by atoms with Crippen molar-refractivity contribution in [2.24, 2.45) is 0 Å². The second-order valence-corrected chi connectivity index (χ2v) is 4.21. The Labute approximate surface area is 108 Å². The zero-order valence-corrected chi connectivity index (χ0v) is 10.5. The van der Waals surface area contributed by atoms with Crippen LogP contribution in [-0.4, -0.2) is 12.0 Å². The van der Waals surface area contributed by atoms with E-state index in [2.05, 4.69) is 5.48 Å². The number of halogens is 1.